The molecule has 4 aromatic rings. The number of halogens is 2. The molecule has 0 atom stereocenters. The van der Waals surface area contributed by atoms with Crippen molar-refractivity contribution in [3.05, 3.63) is 81.0 Å². The predicted octanol–water partition coefficient (Wildman–Crippen LogP) is 3.84. The SMILES string of the molecule is Cc1c(Cl)cccc1NC(=O)Cn1cnc2c(cnn2-c2ccccc2Cl)c1=O. The molecule has 7 nitrogen and oxygen atoms in total. The largest absolute Gasteiger partial charge is 0.324 e. The van der Waals surface area contributed by atoms with Crippen molar-refractivity contribution in [1.82, 2.24) is 19.3 Å². The van der Waals surface area contributed by atoms with E-state index in [4.69, 9.17) is 23.2 Å². The summed E-state index contributed by atoms with van der Waals surface area (Å²) >= 11 is 12.3. The molecule has 0 aliphatic heterocycles. The Morgan fingerprint density at radius 1 is 1.10 bits per heavy atom. The number of fused-ring (bicyclic) bond motifs is 1. The van der Waals surface area contributed by atoms with E-state index in [1.807, 2.05) is 6.07 Å². The van der Waals surface area contributed by atoms with Crippen LogP contribution in [0.2, 0.25) is 10.0 Å². The number of rotatable bonds is 4. The normalized spacial score (nSPS) is 11.0. The molecular weight excluding hydrogens is 413 g/mol. The summed E-state index contributed by atoms with van der Waals surface area (Å²) < 4.78 is 2.73. The van der Waals surface area contributed by atoms with Gasteiger partial charge in [0.25, 0.3) is 5.56 Å². The van der Waals surface area contributed by atoms with Gasteiger partial charge in [0.05, 0.1) is 16.9 Å². The van der Waals surface area contributed by atoms with Gasteiger partial charge in [0, 0.05) is 10.7 Å². The minimum absolute atomic E-state index is 0.189. The van der Waals surface area contributed by atoms with Gasteiger partial charge >= 0.3 is 0 Å². The van der Waals surface area contributed by atoms with Crippen LogP contribution in [-0.4, -0.2) is 25.2 Å². The van der Waals surface area contributed by atoms with Gasteiger partial charge in [0.2, 0.25) is 5.91 Å². The number of amides is 1. The van der Waals surface area contributed by atoms with Crippen LogP contribution in [0.25, 0.3) is 16.7 Å². The van der Waals surface area contributed by atoms with Crippen molar-refractivity contribution in [1.29, 1.82) is 0 Å². The Hall–Kier alpha value is -3.16. The van der Waals surface area contributed by atoms with Crippen LogP contribution in [0.3, 0.4) is 0 Å². The summed E-state index contributed by atoms with van der Waals surface area (Å²) in [5, 5.41) is 8.33. The van der Waals surface area contributed by atoms with E-state index >= 15 is 0 Å². The second-order valence-electron chi connectivity index (χ2n) is 6.38. The number of benzene rings is 2. The van der Waals surface area contributed by atoms with Crippen molar-refractivity contribution in [3.8, 4) is 5.69 Å². The highest BCUT2D eigenvalue weighted by Gasteiger charge is 2.15. The standard InChI is InChI=1S/C20H15Cl2N5O2/c1-12-14(21)6-4-7-16(12)25-18(28)10-26-11-23-19-13(20(26)29)9-24-27(19)17-8-3-2-5-15(17)22/h2-9,11H,10H2,1H3,(H,25,28). The van der Waals surface area contributed by atoms with Crippen LogP contribution in [0.4, 0.5) is 5.69 Å². The molecule has 9 heteroatoms. The van der Waals surface area contributed by atoms with Crippen LogP contribution in [0, 0.1) is 6.92 Å². The van der Waals surface area contributed by atoms with E-state index in [9.17, 15) is 9.59 Å². The number of hydrogen-bond donors (Lipinski definition) is 1. The van der Waals surface area contributed by atoms with Crippen molar-refractivity contribution in [3.63, 3.8) is 0 Å². The van der Waals surface area contributed by atoms with Crippen molar-refractivity contribution >= 4 is 45.8 Å². The van der Waals surface area contributed by atoms with Crippen molar-refractivity contribution in [2.24, 2.45) is 0 Å². The lowest BCUT2D eigenvalue weighted by atomic mass is 10.2. The highest BCUT2D eigenvalue weighted by atomic mass is 35.5. The molecular formula is C20H15Cl2N5O2. The highest BCUT2D eigenvalue weighted by molar-refractivity contribution is 6.32. The molecule has 2 aromatic heterocycles. The third kappa shape index (κ3) is 3.62. The Kier molecular flexibility index (Phi) is 5.08. The van der Waals surface area contributed by atoms with Crippen LogP contribution in [0.5, 0.6) is 0 Å². The number of anilines is 1. The molecule has 0 bridgehead atoms. The number of para-hydroxylation sites is 1. The summed E-state index contributed by atoms with van der Waals surface area (Å²) in [6.45, 7) is 1.62. The molecule has 2 heterocycles. The van der Waals surface area contributed by atoms with Crippen molar-refractivity contribution in [2.45, 2.75) is 13.5 Å². The third-order valence-corrected chi connectivity index (χ3v) is 5.22. The highest BCUT2D eigenvalue weighted by Crippen LogP contribution is 2.23. The number of aromatic nitrogens is 4. The van der Waals surface area contributed by atoms with E-state index in [0.717, 1.165) is 5.56 Å². The molecule has 0 aliphatic carbocycles. The summed E-state index contributed by atoms with van der Waals surface area (Å²) in [5.74, 6) is -0.364. The van der Waals surface area contributed by atoms with Crippen LogP contribution in [0.1, 0.15) is 5.56 Å². The number of hydrogen-bond acceptors (Lipinski definition) is 4. The van der Waals surface area contributed by atoms with Gasteiger partial charge in [-0.2, -0.15) is 5.10 Å². The Morgan fingerprint density at radius 2 is 1.86 bits per heavy atom. The molecule has 0 unspecified atom stereocenters. The number of nitrogens with one attached hydrogen (secondary N) is 1. The molecule has 1 amide bonds. The Balaban J connectivity index is 1.63. The Morgan fingerprint density at radius 3 is 2.66 bits per heavy atom. The molecule has 4 rings (SSSR count). The first kappa shape index (κ1) is 19.2. The number of carbonyl (C=O) groups excluding carboxylic acids is 1. The summed E-state index contributed by atoms with van der Waals surface area (Å²) in [6, 6.07) is 12.4. The molecule has 0 saturated carbocycles. The van der Waals surface area contributed by atoms with Crippen molar-refractivity contribution in [2.75, 3.05) is 5.32 Å². The zero-order valence-corrected chi connectivity index (χ0v) is 16.8. The Labute approximate surface area is 175 Å². The fourth-order valence-corrected chi connectivity index (χ4v) is 3.34. The molecule has 2 aromatic carbocycles. The molecule has 29 heavy (non-hydrogen) atoms. The lowest BCUT2D eigenvalue weighted by molar-refractivity contribution is -0.116. The Bertz CT molecular complexity index is 1300. The van der Waals surface area contributed by atoms with Gasteiger partial charge in [-0.3, -0.25) is 14.2 Å². The van der Waals surface area contributed by atoms with E-state index in [-0.39, 0.29) is 18.0 Å². The van der Waals surface area contributed by atoms with Gasteiger partial charge in [0.15, 0.2) is 5.65 Å². The van der Waals surface area contributed by atoms with E-state index in [0.29, 0.717) is 32.5 Å². The second kappa shape index (κ2) is 7.69. The van der Waals surface area contributed by atoms with Gasteiger partial charge in [0.1, 0.15) is 18.3 Å². The van der Waals surface area contributed by atoms with Crippen LogP contribution in [-0.2, 0) is 11.3 Å². The maximum absolute atomic E-state index is 12.8. The van der Waals surface area contributed by atoms with Crippen LogP contribution < -0.4 is 10.9 Å². The second-order valence-corrected chi connectivity index (χ2v) is 7.20. The molecule has 0 saturated heterocycles. The van der Waals surface area contributed by atoms with Gasteiger partial charge in [-0.25, -0.2) is 9.67 Å². The van der Waals surface area contributed by atoms with E-state index in [1.54, 1.807) is 43.3 Å². The lowest BCUT2D eigenvalue weighted by Crippen LogP contribution is -2.28. The monoisotopic (exact) mass is 427 g/mol. The van der Waals surface area contributed by atoms with E-state index in [1.165, 1.54) is 21.8 Å². The first-order valence-electron chi connectivity index (χ1n) is 8.69. The first-order valence-corrected chi connectivity index (χ1v) is 9.44. The van der Waals surface area contributed by atoms with E-state index in [2.05, 4.69) is 15.4 Å². The summed E-state index contributed by atoms with van der Waals surface area (Å²) in [4.78, 5) is 29.5. The maximum atomic E-state index is 12.8. The fraction of sp³-hybridized carbons (Fsp3) is 0.100. The van der Waals surface area contributed by atoms with Gasteiger partial charge < -0.3 is 5.32 Å². The van der Waals surface area contributed by atoms with E-state index < -0.39 is 0 Å². The minimum atomic E-state index is -0.369. The van der Waals surface area contributed by atoms with Crippen LogP contribution >= 0.6 is 23.2 Å². The average molecular weight is 428 g/mol. The molecule has 0 spiro atoms. The maximum Gasteiger partial charge on any atom is 0.264 e. The fourth-order valence-electron chi connectivity index (χ4n) is 2.95. The third-order valence-electron chi connectivity index (χ3n) is 4.49. The van der Waals surface area contributed by atoms with Gasteiger partial charge in [-0.15, -0.1) is 0 Å². The molecule has 1 N–H and O–H groups in total. The van der Waals surface area contributed by atoms with Crippen LogP contribution in [0.15, 0.2) is 59.8 Å². The minimum Gasteiger partial charge on any atom is -0.324 e. The summed E-state index contributed by atoms with van der Waals surface area (Å²) in [7, 11) is 0. The van der Waals surface area contributed by atoms with Gasteiger partial charge in [-0.1, -0.05) is 41.4 Å². The average Bonchev–Trinajstić information content (AvgIpc) is 3.13. The summed E-state index contributed by atoms with van der Waals surface area (Å²) in [6.07, 6.45) is 2.74. The first-order chi connectivity index (χ1) is 14.0. The topological polar surface area (TPSA) is 81.8 Å². The number of nitrogens with zero attached hydrogens (tertiary/aromatic N) is 4. The molecule has 0 radical (unpaired) electrons. The molecule has 0 fully saturated rings. The predicted molar refractivity (Wildman–Crippen MR) is 113 cm³/mol. The smallest absolute Gasteiger partial charge is 0.264 e. The zero-order chi connectivity index (χ0) is 20.5. The lowest BCUT2D eigenvalue weighted by Gasteiger charge is -2.10. The van der Waals surface area contributed by atoms with Crippen molar-refractivity contribution < 1.29 is 4.79 Å². The molecule has 146 valence electrons. The quantitative estimate of drug-likeness (QED) is 0.536. The summed E-state index contributed by atoms with van der Waals surface area (Å²) in [5.41, 5.74) is 1.96. The molecule has 0 aliphatic rings. The zero-order valence-electron chi connectivity index (χ0n) is 15.3. The number of carbonyl (C=O) groups is 1. The van der Waals surface area contributed by atoms with Gasteiger partial charge in [-0.05, 0) is 36.8 Å².